The molecule has 248 valence electrons. The Labute approximate surface area is 265 Å². The van der Waals surface area contributed by atoms with Gasteiger partial charge in [0.15, 0.2) is 0 Å². The first-order chi connectivity index (χ1) is 21.4. The van der Waals surface area contributed by atoms with E-state index in [0.717, 1.165) is 29.7 Å². The molecule has 6 N–H and O–H groups in total. The summed E-state index contributed by atoms with van der Waals surface area (Å²) in [5, 5.41) is 16.0. The van der Waals surface area contributed by atoms with Crippen LogP contribution in [-0.4, -0.2) is 55.4 Å². The third-order valence-electron chi connectivity index (χ3n) is 7.49. The summed E-state index contributed by atoms with van der Waals surface area (Å²) in [4.78, 5) is 24.6. The van der Waals surface area contributed by atoms with Crippen molar-refractivity contribution in [3.63, 3.8) is 0 Å². The third-order valence-corrected chi connectivity index (χ3v) is 7.49. The highest BCUT2D eigenvalue weighted by Gasteiger charge is 2.53. The molecule has 1 atom stereocenters. The number of anilines is 1. The number of alkyl halides is 3. The number of aliphatic hydroxyl groups is 1. The largest absolute Gasteiger partial charge is 0.573 e. The van der Waals surface area contributed by atoms with Crippen molar-refractivity contribution in [3.8, 4) is 17.2 Å². The summed E-state index contributed by atoms with van der Waals surface area (Å²) >= 11 is 0. The molecule has 3 aromatic carbocycles. The van der Waals surface area contributed by atoms with Gasteiger partial charge in [0.1, 0.15) is 28.9 Å². The molecule has 2 aliphatic rings. The Kier molecular flexibility index (Phi) is 11.1. The van der Waals surface area contributed by atoms with Gasteiger partial charge in [0.2, 0.25) is 11.8 Å². The Morgan fingerprint density at radius 2 is 1.52 bits per heavy atom. The van der Waals surface area contributed by atoms with E-state index in [-0.39, 0.29) is 17.1 Å². The van der Waals surface area contributed by atoms with Gasteiger partial charge in [0.25, 0.3) is 0 Å². The molecule has 46 heavy (non-hydrogen) atoms. The van der Waals surface area contributed by atoms with Gasteiger partial charge in [0, 0.05) is 23.7 Å². The van der Waals surface area contributed by atoms with Crippen LogP contribution in [0.2, 0.25) is 0 Å². The van der Waals surface area contributed by atoms with E-state index in [4.69, 9.17) is 25.7 Å². The van der Waals surface area contributed by atoms with E-state index in [2.05, 4.69) is 10.5 Å². The number of nitrogens with zero attached hydrogens (tertiary/aromatic N) is 1. The molecule has 2 amide bonds. The lowest BCUT2D eigenvalue weighted by Gasteiger charge is -2.23. The zero-order valence-electron chi connectivity index (χ0n) is 26.3. The summed E-state index contributed by atoms with van der Waals surface area (Å²) in [7, 11) is 3.16. The van der Waals surface area contributed by atoms with Crippen LogP contribution in [0.1, 0.15) is 56.3 Å². The summed E-state index contributed by atoms with van der Waals surface area (Å²) in [6.07, 6.45) is -3.01. The second-order valence-corrected chi connectivity index (χ2v) is 11.5. The smallest absolute Gasteiger partial charge is 0.497 e. The van der Waals surface area contributed by atoms with Gasteiger partial charge in [-0.1, -0.05) is 30.3 Å². The van der Waals surface area contributed by atoms with Crippen molar-refractivity contribution >= 4 is 23.2 Å². The molecule has 0 radical (unpaired) electrons. The van der Waals surface area contributed by atoms with Crippen LogP contribution in [0, 0.1) is 5.41 Å². The Balaban J connectivity index is 0.000000263. The number of methoxy groups -OCH3 is 2. The van der Waals surface area contributed by atoms with Crippen LogP contribution in [0.25, 0.3) is 0 Å². The molecule has 1 aliphatic heterocycles. The topological polar surface area (TPSA) is 161 Å². The monoisotopic (exact) mass is 644 g/mol. The number of primary amides is 1. The molecule has 0 aromatic heterocycles. The van der Waals surface area contributed by atoms with Crippen molar-refractivity contribution in [1.29, 1.82) is 5.41 Å². The summed E-state index contributed by atoms with van der Waals surface area (Å²) in [6, 6.07) is 17.6. The van der Waals surface area contributed by atoms with E-state index in [1.165, 1.54) is 38.0 Å². The fourth-order valence-corrected chi connectivity index (χ4v) is 4.61. The fourth-order valence-electron chi connectivity index (χ4n) is 4.61. The Bertz CT molecular complexity index is 1550. The second kappa shape index (κ2) is 14.2. The molecule has 3 aromatic rings. The van der Waals surface area contributed by atoms with Crippen LogP contribution < -0.4 is 30.6 Å². The van der Waals surface area contributed by atoms with Gasteiger partial charge in [-0.2, -0.15) is 0 Å². The van der Waals surface area contributed by atoms with E-state index >= 15 is 0 Å². The normalized spacial score (nSPS) is 14.9. The summed E-state index contributed by atoms with van der Waals surface area (Å²) < 4.78 is 51.9. The minimum Gasteiger partial charge on any atom is -0.497 e. The zero-order valence-corrected chi connectivity index (χ0v) is 26.3. The predicted octanol–water partition coefficient (Wildman–Crippen LogP) is 5.00. The van der Waals surface area contributed by atoms with Gasteiger partial charge in [-0.25, -0.2) is 0 Å². The van der Waals surface area contributed by atoms with Gasteiger partial charge in [-0.05, 0) is 80.6 Å². The number of nitrogens with two attached hydrogens (primary N) is 2. The molecule has 1 spiro atoms. The average molecular weight is 645 g/mol. The number of nitrogens with one attached hydrogen (secondary N) is 1. The van der Waals surface area contributed by atoms with Crippen molar-refractivity contribution in [1.82, 2.24) is 0 Å². The zero-order chi connectivity index (χ0) is 34.4. The maximum Gasteiger partial charge on any atom is 0.573 e. The molecule has 1 saturated carbocycles. The molecule has 1 aliphatic carbocycles. The van der Waals surface area contributed by atoms with Crippen molar-refractivity contribution in [2.24, 2.45) is 11.5 Å². The van der Waals surface area contributed by atoms with E-state index in [1.807, 2.05) is 24.3 Å². The van der Waals surface area contributed by atoms with Crippen molar-refractivity contribution in [2.75, 3.05) is 25.7 Å². The van der Waals surface area contributed by atoms with E-state index in [1.54, 1.807) is 44.4 Å². The number of benzene rings is 3. The maximum absolute atomic E-state index is 13.1. The standard InChI is InChI=1S/C20H19F3N2O3.C9H11NO.C4H9NO2/c1-27-13-4-2-12(3-5-13)17(24)18(26)25-11-19(8-9-19)15-7-6-14(10-16(15)25)28-20(21,22)23;1-7(10)8-4-3-5-9(6-8)11-2;1-4(2,7)3(5)6/h2-7,10,17H,8-9,11,24H2,1H3;3-6,10H,1-2H3;7H,1-2H3,(H2,5,6). The van der Waals surface area contributed by atoms with Crippen LogP contribution in [0.15, 0.2) is 66.7 Å². The highest BCUT2D eigenvalue weighted by atomic mass is 19.4. The summed E-state index contributed by atoms with van der Waals surface area (Å²) in [5.41, 5.74) is 12.7. The molecule has 1 heterocycles. The molecular weight excluding hydrogens is 605 g/mol. The lowest BCUT2D eigenvalue weighted by atomic mass is 9.99. The van der Waals surface area contributed by atoms with Gasteiger partial charge in [0.05, 0.1) is 19.9 Å². The SMILES string of the molecule is CC(C)(O)C(N)=O.COc1ccc(C(N)C(=O)N2CC3(CC3)c3ccc(OC(F)(F)F)cc32)cc1.COc1cccc(C(C)=N)c1. The number of ether oxygens (including phenoxy) is 3. The van der Waals surface area contributed by atoms with Gasteiger partial charge in [-0.3, -0.25) is 9.59 Å². The quantitative estimate of drug-likeness (QED) is 0.263. The first-order valence-electron chi connectivity index (χ1n) is 14.2. The highest BCUT2D eigenvalue weighted by Crippen LogP contribution is 2.57. The van der Waals surface area contributed by atoms with Crippen molar-refractivity contribution in [3.05, 3.63) is 83.4 Å². The number of fused-ring (bicyclic) bond motifs is 2. The van der Waals surface area contributed by atoms with Gasteiger partial charge >= 0.3 is 6.36 Å². The summed E-state index contributed by atoms with van der Waals surface area (Å²) in [6.45, 7) is 4.86. The first-order valence-corrected chi connectivity index (χ1v) is 14.2. The van der Waals surface area contributed by atoms with Gasteiger partial charge in [-0.15, -0.1) is 13.2 Å². The number of carbonyl (C=O) groups is 2. The van der Waals surface area contributed by atoms with Gasteiger partial charge < -0.3 is 41.1 Å². The van der Waals surface area contributed by atoms with Crippen molar-refractivity contribution < 1.29 is 42.1 Å². The molecule has 13 heteroatoms. The minimum absolute atomic E-state index is 0.179. The number of hydrogen-bond donors (Lipinski definition) is 4. The number of hydrogen-bond acceptors (Lipinski definition) is 8. The Morgan fingerprint density at radius 3 is 2.00 bits per heavy atom. The number of carbonyl (C=O) groups excluding carboxylic acids is 2. The number of rotatable bonds is 7. The highest BCUT2D eigenvalue weighted by molar-refractivity contribution is 6.00. The Hall–Kier alpha value is -4.62. The number of amides is 2. The summed E-state index contributed by atoms with van der Waals surface area (Å²) in [5.74, 6) is 0.0292. The third kappa shape index (κ3) is 9.21. The van der Waals surface area contributed by atoms with Crippen LogP contribution in [0.4, 0.5) is 18.9 Å². The molecule has 0 bridgehead atoms. The van der Waals surface area contributed by atoms with Crippen LogP contribution in [0.5, 0.6) is 17.2 Å². The van der Waals surface area contributed by atoms with E-state index in [0.29, 0.717) is 29.3 Å². The predicted molar refractivity (Wildman–Crippen MR) is 167 cm³/mol. The first kappa shape index (κ1) is 35.9. The lowest BCUT2D eigenvalue weighted by molar-refractivity contribution is -0.274. The van der Waals surface area contributed by atoms with Crippen LogP contribution in [-0.2, 0) is 15.0 Å². The van der Waals surface area contributed by atoms with E-state index < -0.39 is 23.9 Å². The molecule has 5 rings (SSSR count). The van der Waals surface area contributed by atoms with Crippen LogP contribution in [0.3, 0.4) is 0 Å². The number of halogens is 3. The van der Waals surface area contributed by atoms with E-state index in [9.17, 15) is 22.8 Å². The van der Waals surface area contributed by atoms with Crippen molar-refractivity contribution in [2.45, 2.75) is 57.0 Å². The molecule has 10 nitrogen and oxygen atoms in total. The molecule has 1 fully saturated rings. The molecular formula is C33H39F3N4O6. The molecule has 1 unspecified atom stereocenters. The second-order valence-electron chi connectivity index (χ2n) is 11.5. The fraction of sp³-hybridized carbons (Fsp3) is 0.364. The minimum atomic E-state index is -4.79. The Morgan fingerprint density at radius 1 is 0.957 bits per heavy atom. The average Bonchev–Trinajstić information content (AvgIpc) is 3.71. The lowest BCUT2D eigenvalue weighted by Crippen LogP contribution is -2.38. The van der Waals surface area contributed by atoms with Crippen LogP contribution >= 0.6 is 0 Å². The molecule has 0 saturated heterocycles. The maximum atomic E-state index is 13.1.